The van der Waals surface area contributed by atoms with Crippen LogP contribution in [0.15, 0.2) is 54.6 Å². The molecule has 0 aliphatic carbocycles. The van der Waals surface area contributed by atoms with E-state index >= 15 is 0 Å². The first-order valence-electron chi connectivity index (χ1n) is 6.66. The maximum atomic E-state index is 11.9. The molecular formula is C16H16N2O2. The lowest BCUT2D eigenvalue weighted by Gasteiger charge is -2.25. The van der Waals surface area contributed by atoms with Crippen molar-refractivity contribution < 1.29 is 9.53 Å². The SMILES string of the molecule is O=C(Nc1cccc(Oc2ccccc2)c1)C1CNC1. The van der Waals surface area contributed by atoms with Crippen LogP contribution in [0.25, 0.3) is 0 Å². The van der Waals surface area contributed by atoms with Gasteiger partial charge in [-0.1, -0.05) is 24.3 Å². The number of ether oxygens (including phenoxy) is 1. The molecule has 1 aliphatic rings. The van der Waals surface area contributed by atoms with Crippen LogP contribution in [0.1, 0.15) is 0 Å². The van der Waals surface area contributed by atoms with Gasteiger partial charge in [-0.15, -0.1) is 0 Å². The molecule has 0 bridgehead atoms. The van der Waals surface area contributed by atoms with Crippen LogP contribution in [0.4, 0.5) is 5.69 Å². The van der Waals surface area contributed by atoms with Crippen molar-refractivity contribution in [3.05, 3.63) is 54.6 Å². The van der Waals surface area contributed by atoms with E-state index in [1.807, 2.05) is 54.6 Å². The van der Waals surface area contributed by atoms with Gasteiger partial charge in [-0.25, -0.2) is 0 Å². The molecule has 4 nitrogen and oxygen atoms in total. The Morgan fingerprint density at radius 2 is 1.80 bits per heavy atom. The molecule has 0 atom stereocenters. The smallest absolute Gasteiger partial charge is 0.230 e. The lowest BCUT2D eigenvalue weighted by molar-refractivity contribution is -0.121. The Labute approximate surface area is 117 Å². The largest absolute Gasteiger partial charge is 0.457 e. The molecular weight excluding hydrogens is 252 g/mol. The van der Waals surface area contributed by atoms with E-state index in [2.05, 4.69) is 10.6 Å². The number of nitrogens with one attached hydrogen (secondary N) is 2. The topological polar surface area (TPSA) is 50.4 Å². The summed E-state index contributed by atoms with van der Waals surface area (Å²) in [4.78, 5) is 11.9. The van der Waals surface area contributed by atoms with Gasteiger partial charge in [0.05, 0.1) is 5.92 Å². The summed E-state index contributed by atoms with van der Waals surface area (Å²) in [5.74, 6) is 1.62. The van der Waals surface area contributed by atoms with Crippen molar-refractivity contribution in [2.24, 2.45) is 5.92 Å². The normalized spacial score (nSPS) is 14.4. The summed E-state index contributed by atoms with van der Waals surface area (Å²) < 4.78 is 5.74. The van der Waals surface area contributed by atoms with Crippen molar-refractivity contribution in [1.29, 1.82) is 0 Å². The number of hydrogen-bond acceptors (Lipinski definition) is 3. The molecule has 1 heterocycles. The minimum absolute atomic E-state index is 0.0561. The summed E-state index contributed by atoms with van der Waals surface area (Å²) in [6.07, 6.45) is 0. The standard InChI is InChI=1S/C16H16N2O2/c19-16(12-10-17-11-12)18-13-5-4-8-15(9-13)20-14-6-2-1-3-7-14/h1-9,12,17H,10-11H2,(H,18,19). The number of rotatable bonds is 4. The number of carbonyl (C=O) groups excluding carboxylic acids is 1. The van der Waals surface area contributed by atoms with Crippen LogP contribution in [-0.4, -0.2) is 19.0 Å². The number of hydrogen-bond donors (Lipinski definition) is 2. The van der Waals surface area contributed by atoms with E-state index in [4.69, 9.17) is 4.74 Å². The van der Waals surface area contributed by atoms with Crippen molar-refractivity contribution in [1.82, 2.24) is 5.32 Å². The van der Waals surface area contributed by atoms with Gasteiger partial charge in [0.25, 0.3) is 0 Å². The Hall–Kier alpha value is -2.33. The average Bonchev–Trinajstić information content (AvgIpc) is 2.38. The predicted molar refractivity (Wildman–Crippen MR) is 77.9 cm³/mol. The molecule has 0 aromatic heterocycles. The molecule has 1 aliphatic heterocycles. The molecule has 1 fully saturated rings. The molecule has 0 spiro atoms. The van der Waals surface area contributed by atoms with Crippen molar-refractivity contribution >= 4 is 11.6 Å². The van der Waals surface area contributed by atoms with Crippen LogP contribution >= 0.6 is 0 Å². The molecule has 2 aromatic rings. The lowest BCUT2D eigenvalue weighted by atomic mass is 10.0. The summed E-state index contributed by atoms with van der Waals surface area (Å²) in [5, 5.41) is 6.00. The fourth-order valence-corrected chi connectivity index (χ4v) is 1.98. The van der Waals surface area contributed by atoms with Gasteiger partial charge in [0.1, 0.15) is 11.5 Å². The highest BCUT2D eigenvalue weighted by Crippen LogP contribution is 2.24. The Bertz CT molecular complexity index is 594. The highest BCUT2D eigenvalue weighted by molar-refractivity contribution is 5.93. The zero-order chi connectivity index (χ0) is 13.8. The maximum absolute atomic E-state index is 11.9. The number of benzene rings is 2. The molecule has 0 saturated carbocycles. The first-order valence-corrected chi connectivity index (χ1v) is 6.66. The fourth-order valence-electron chi connectivity index (χ4n) is 1.98. The van der Waals surface area contributed by atoms with Crippen LogP contribution in [-0.2, 0) is 4.79 Å². The van der Waals surface area contributed by atoms with E-state index in [0.717, 1.165) is 24.5 Å². The molecule has 1 amide bonds. The lowest BCUT2D eigenvalue weighted by Crippen LogP contribution is -2.48. The molecule has 2 N–H and O–H groups in total. The molecule has 102 valence electrons. The monoisotopic (exact) mass is 268 g/mol. The highest BCUT2D eigenvalue weighted by Gasteiger charge is 2.24. The molecule has 20 heavy (non-hydrogen) atoms. The van der Waals surface area contributed by atoms with E-state index in [0.29, 0.717) is 5.75 Å². The Kier molecular flexibility index (Phi) is 3.65. The van der Waals surface area contributed by atoms with Crippen LogP contribution in [0.2, 0.25) is 0 Å². The van der Waals surface area contributed by atoms with E-state index < -0.39 is 0 Å². The zero-order valence-corrected chi connectivity index (χ0v) is 11.0. The summed E-state index contributed by atoms with van der Waals surface area (Å²) in [6.45, 7) is 1.51. The quantitative estimate of drug-likeness (QED) is 0.896. The minimum Gasteiger partial charge on any atom is -0.457 e. The molecule has 0 radical (unpaired) electrons. The van der Waals surface area contributed by atoms with Gasteiger partial charge < -0.3 is 15.4 Å². The third-order valence-corrected chi connectivity index (χ3v) is 3.23. The second kappa shape index (κ2) is 5.75. The van der Waals surface area contributed by atoms with E-state index in [1.165, 1.54) is 0 Å². The number of amides is 1. The molecule has 3 rings (SSSR count). The molecule has 0 unspecified atom stereocenters. The van der Waals surface area contributed by atoms with E-state index in [-0.39, 0.29) is 11.8 Å². The average molecular weight is 268 g/mol. The summed E-state index contributed by atoms with van der Waals surface area (Å²) >= 11 is 0. The number of para-hydroxylation sites is 1. The second-order valence-corrected chi connectivity index (χ2v) is 4.79. The van der Waals surface area contributed by atoms with Gasteiger partial charge in [-0.3, -0.25) is 4.79 Å². The second-order valence-electron chi connectivity index (χ2n) is 4.79. The van der Waals surface area contributed by atoms with Crippen molar-refractivity contribution in [3.63, 3.8) is 0 Å². The summed E-state index contributed by atoms with van der Waals surface area (Å²) in [6, 6.07) is 17.0. The minimum atomic E-state index is 0.0561. The molecule has 1 saturated heterocycles. The summed E-state index contributed by atoms with van der Waals surface area (Å²) in [5.41, 5.74) is 0.760. The van der Waals surface area contributed by atoms with Crippen LogP contribution in [0, 0.1) is 5.92 Å². The predicted octanol–water partition coefficient (Wildman–Crippen LogP) is 2.64. The van der Waals surface area contributed by atoms with Gasteiger partial charge in [0.2, 0.25) is 5.91 Å². The molecule has 4 heteroatoms. The van der Waals surface area contributed by atoms with Gasteiger partial charge in [0, 0.05) is 24.8 Å². The van der Waals surface area contributed by atoms with Gasteiger partial charge in [-0.05, 0) is 24.3 Å². The Morgan fingerprint density at radius 1 is 1.05 bits per heavy atom. The van der Waals surface area contributed by atoms with Crippen LogP contribution in [0.3, 0.4) is 0 Å². The third-order valence-electron chi connectivity index (χ3n) is 3.23. The van der Waals surface area contributed by atoms with Crippen molar-refractivity contribution in [2.75, 3.05) is 18.4 Å². The van der Waals surface area contributed by atoms with Gasteiger partial charge in [-0.2, -0.15) is 0 Å². The van der Waals surface area contributed by atoms with Crippen LogP contribution in [0.5, 0.6) is 11.5 Å². The highest BCUT2D eigenvalue weighted by atomic mass is 16.5. The molecule has 2 aromatic carbocycles. The Morgan fingerprint density at radius 3 is 2.50 bits per heavy atom. The van der Waals surface area contributed by atoms with Crippen molar-refractivity contribution in [3.8, 4) is 11.5 Å². The van der Waals surface area contributed by atoms with Crippen LogP contribution < -0.4 is 15.4 Å². The number of carbonyl (C=O) groups is 1. The van der Waals surface area contributed by atoms with Crippen molar-refractivity contribution in [2.45, 2.75) is 0 Å². The fraction of sp³-hybridized carbons (Fsp3) is 0.188. The maximum Gasteiger partial charge on any atom is 0.230 e. The van der Waals surface area contributed by atoms with E-state index in [1.54, 1.807) is 0 Å². The van der Waals surface area contributed by atoms with Gasteiger partial charge >= 0.3 is 0 Å². The first-order chi connectivity index (χ1) is 9.81. The zero-order valence-electron chi connectivity index (χ0n) is 11.0. The number of anilines is 1. The van der Waals surface area contributed by atoms with Gasteiger partial charge in [0.15, 0.2) is 0 Å². The Balaban J connectivity index is 1.67. The third kappa shape index (κ3) is 2.97. The first kappa shape index (κ1) is 12.7. The summed E-state index contributed by atoms with van der Waals surface area (Å²) in [7, 11) is 0. The van der Waals surface area contributed by atoms with E-state index in [9.17, 15) is 4.79 Å².